The van der Waals surface area contributed by atoms with Crippen molar-refractivity contribution in [3.8, 4) is 5.88 Å². The van der Waals surface area contributed by atoms with Gasteiger partial charge in [-0.25, -0.2) is 9.59 Å². The van der Waals surface area contributed by atoms with Crippen molar-refractivity contribution in [3.05, 3.63) is 12.2 Å². The van der Waals surface area contributed by atoms with Crippen molar-refractivity contribution >= 4 is 29.5 Å². The molecule has 0 amide bonds. The number of nitrogens with one attached hydrogen (secondary N) is 1. The quantitative estimate of drug-likeness (QED) is 0.287. The number of carbonyl (C=O) groups is 2. The van der Waals surface area contributed by atoms with Crippen molar-refractivity contribution in [2.45, 2.75) is 25.9 Å². The van der Waals surface area contributed by atoms with Gasteiger partial charge in [-0.3, -0.25) is 0 Å². The topological polar surface area (TPSA) is 123 Å². The second-order valence-electron chi connectivity index (χ2n) is 6.09. The number of unbranched alkanes of at least 4 members (excludes halogenated alkanes) is 1. The smallest absolute Gasteiger partial charge is 0.331 e. The van der Waals surface area contributed by atoms with Gasteiger partial charge >= 0.3 is 11.9 Å². The van der Waals surface area contributed by atoms with E-state index < -0.39 is 18.0 Å². The Morgan fingerprint density at radius 2 is 2.14 bits per heavy atom. The molecular weight excluding hydrogens is 388 g/mol. The number of aromatic nitrogens is 2. The number of carbonyl (C=O) groups excluding carboxylic acids is 1. The van der Waals surface area contributed by atoms with Crippen LogP contribution in [0.15, 0.2) is 12.2 Å². The number of carboxylic acids is 1. The third kappa shape index (κ3) is 7.79. The van der Waals surface area contributed by atoms with Crippen molar-refractivity contribution in [3.63, 3.8) is 0 Å². The zero-order valence-electron chi connectivity index (χ0n) is 15.8. The average molecular weight is 414 g/mol. The van der Waals surface area contributed by atoms with Crippen LogP contribution in [-0.2, 0) is 19.1 Å². The van der Waals surface area contributed by atoms with Gasteiger partial charge in [0.15, 0.2) is 0 Å². The first kappa shape index (κ1) is 22.1. The minimum Gasteiger partial charge on any atom is -0.478 e. The largest absolute Gasteiger partial charge is 0.478 e. The Labute approximate surface area is 167 Å². The maximum atomic E-state index is 11.8. The lowest BCUT2D eigenvalue weighted by Crippen LogP contribution is -2.37. The molecule has 1 aliphatic rings. The van der Waals surface area contributed by atoms with E-state index in [1.54, 1.807) is 0 Å². The van der Waals surface area contributed by atoms with E-state index in [0.717, 1.165) is 43.3 Å². The van der Waals surface area contributed by atoms with Gasteiger partial charge in [0.05, 0.1) is 24.9 Å². The van der Waals surface area contributed by atoms with Gasteiger partial charge in [-0.2, -0.15) is 4.37 Å². The van der Waals surface area contributed by atoms with Crippen LogP contribution >= 0.6 is 11.7 Å². The van der Waals surface area contributed by atoms with Gasteiger partial charge in [-0.05, 0) is 13.0 Å². The summed E-state index contributed by atoms with van der Waals surface area (Å²) in [5, 5.41) is 11.8. The van der Waals surface area contributed by atoms with Crippen LogP contribution in [0.1, 0.15) is 19.8 Å². The summed E-state index contributed by atoms with van der Waals surface area (Å²) in [6.45, 7) is 5.99. The third-order valence-electron chi connectivity index (χ3n) is 3.88. The first-order chi connectivity index (χ1) is 13.6. The third-order valence-corrected chi connectivity index (χ3v) is 4.38. The number of rotatable bonds is 12. The molecule has 1 aromatic heterocycles. The molecule has 28 heavy (non-hydrogen) atoms. The van der Waals surface area contributed by atoms with E-state index in [1.165, 1.54) is 0 Å². The fourth-order valence-electron chi connectivity index (χ4n) is 2.45. The molecule has 0 saturated carbocycles. The maximum absolute atomic E-state index is 11.8. The van der Waals surface area contributed by atoms with Gasteiger partial charge in [0, 0.05) is 31.8 Å². The SMILES string of the molecule is CCCCNCC(COc1nsnc1N1CCOCC1)OC(=O)C=CC(=O)O. The van der Waals surface area contributed by atoms with Gasteiger partial charge < -0.3 is 29.5 Å². The van der Waals surface area contributed by atoms with Crippen LogP contribution in [0.4, 0.5) is 5.82 Å². The van der Waals surface area contributed by atoms with E-state index in [9.17, 15) is 9.59 Å². The summed E-state index contributed by atoms with van der Waals surface area (Å²) < 4.78 is 24.9. The van der Waals surface area contributed by atoms with E-state index in [4.69, 9.17) is 19.3 Å². The van der Waals surface area contributed by atoms with Gasteiger partial charge in [-0.1, -0.05) is 13.3 Å². The molecule has 0 aliphatic carbocycles. The van der Waals surface area contributed by atoms with E-state index in [2.05, 4.69) is 21.0 Å². The van der Waals surface area contributed by atoms with Crippen molar-refractivity contribution in [2.24, 2.45) is 0 Å². The molecule has 1 aromatic rings. The summed E-state index contributed by atoms with van der Waals surface area (Å²) in [5.74, 6) is -0.904. The summed E-state index contributed by atoms with van der Waals surface area (Å²) in [6.07, 6.45) is 3.07. The number of hydrogen-bond acceptors (Lipinski definition) is 10. The lowest BCUT2D eigenvalue weighted by atomic mass is 10.3. The minimum atomic E-state index is -1.21. The lowest BCUT2D eigenvalue weighted by Gasteiger charge is -2.27. The summed E-state index contributed by atoms with van der Waals surface area (Å²) in [5.41, 5.74) is 0. The summed E-state index contributed by atoms with van der Waals surface area (Å²) in [6, 6.07) is 0. The Kier molecular flexibility index (Phi) is 9.66. The zero-order chi connectivity index (χ0) is 20.2. The van der Waals surface area contributed by atoms with E-state index in [1.807, 2.05) is 4.90 Å². The highest BCUT2D eigenvalue weighted by atomic mass is 32.1. The summed E-state index contributed by atoms with van der Waals surface area (Å²) in [7, 11) is 0. The second-order valence-corrected chi connectivity index (χ2v) is 6.62. The number of esters is 1. The predicted octanol–water partition coefficient (Wildman–Crippen LogP) is 0.696. The fraction of sp³-hybridized carbons (Fsp3) is 0.647. The predicted molar refractivity (Wildman–Crippen MR) is 103 cm³/mol. The van der Waals surface area contributed by atoms with E-state index >= 15 is 0 Å². The standard InChI is InChI=1S/C17H26N4O6S/c1-2-3-6-18-11-13(27-15(24)5-4-14(22)23)12-26-17-16(19-28-20-17)21-7-9-25-10-8-21/h4-5,13,18H,2-3,6-12H2,1H3,(H,22,23). The molecule has 10 nitrogen and oxygen atoms in total. The Hall–Kier alpha value is -2.24. The van der Waals surface area contributed by atoms with Crippen molar-refractivity contribution < 1.29 is 28.9 Å². The van der Waals surface area contributed by atoms with Crippen LogP contribution in [0.3, 0.4) is 0 Å². The second kappa shape index (κ2) is 12.3. The van der Waals surface area contributed by atoms with Crippen molar-refractivity contribution in [2.75, 3.05) is 50.9 Å². The number of nitrogens with zero attached hydrogens (tertiary/aromatic N) is 3. The van der Waals surface area contributed by atoms with Crippen LogP contribution in [0.2, 0.25) is 0 Å². The Balaban J connectivity index is 1.92. The molecule has 1 atom stereocenters. The van der Waals surface area contributed by atoms with Crippen LogP contribution in [-0.4, -0.2) is 77.9 Å². The summed E-state index contributed by atoms with van der Waals surface area (Å²) in [4.78, 5) is 24.4. The molecule has 0 spiro atoms. The Morgan fingerprint density at radius 3 is 2.86 bits per heavy atom. The molecule has 2 rings (SSSR count). The lowest BCUT2D eigenvalue weighted by molar-refractivity contribution is -0.144. The average Bonchev–Trinajstić information content (AvgIpc) is 3.17. The molecule has 156 valence electrons. The summed E-state index contributed by atoms with van der Waals surface area (Å²) >= 11 is 1.05. The molecule has 11 heteroatoms. The molecule has 1 unspecified atom stereocenters. The highest BCUT2D eigenvalue weighted by Crippen LogP contribution is 2.26. The Morgan fingerprint density at radius 1 is 1.36 bits per heavy atom. The molecule has 2 N–H and O–H groups in total. The number of ether oxygens (including phenoxy) is 3. The number of aliphatic carboxylic acids is 1. The Bertz CT molecular complexity index is 647. The monoisotopic (exact) mass is 414 g/mol. The molecule has 0 aromatic carbocycles. The van der Waals surface area contributed by atoms with Gasteiger partial charge in [0.2, 0.25) is 5.82 Å². The first-order valence-corrected chi connectivity index (χ1v) is 9.93. The molecule has 0 bridgehead atoms. The number of carboxylic acid groups (broad SMARTS) is 1. The number of anilines is 1. The number of hydrogen-bond donors (Lipinski definition) is 2. The normalized spacial score (nSPS) is 15.5. The number of morpholine rings is 1. The molecule has 1 fully saturated rings. The van der Waals surface area contributed by atoms with Gasteiger partial charge in [-0.15, -0.1) is 4.37 Å². The van der Waals surface area contributed by atoms with Crippen LogP contribution < -0.4 is 15.0 Å². The van der Waals surface area contributed by atoms with Crippen LogP contribution in [0, 0.1) is 0 Å². The highest BCUT2D eigenvalue weighted by Gasteiger charge is 2.22. The molecule has 1 saturated heterocycles. The molecular formula is C17H26N4O6S. The van der Waals surface area contributed by atoms with E-state index in [-0.39, 0.29) is 6.61 Å². The molecule has 2 heterocycles. The fourth-order valence-corrected chi connectivity index (χ4v) is 2.97. The zero-order valence-corrected chi connectivity index (χ0v) is 16.7. The molecule has 0 radical (unpaired) electrons. The van der Waals surface area contributed by atoms with Crippen molar-refractivity contribution in [1.82, 2.24) is 14.1 Å². The maximum Gasteiger partial charge on any atom is 0.331 e. The van der Waals surface area contributed by atoms with Gasteiger partial charge in [0.25, 0.3) is 5.88 Å². The van der Waals surface area contributed by atoms with E-state index in [0.29, 0.717) is 44.5 Å². The molecule has 1 aliphatic heterocycles. The van der Waals surface area contributed by atoms with Crippen LogP contribution in [0.25, 0.3) is 0 Å². The minimum absolute atomic E-state index is 0.0779. The van der Waals surface area contributed by atoms with Crippen molar-refractivity contribution in [1.29, 1.82) is 0 Å². The first-order valence-electron chi connectivity index (χ1n) is 9.20. The highest BCUT2D eigenvalue weighted by molar-refractivity contribution is 6.99. The van der Waals surface area contributed by atoms with Gasteiger partial charge in [0.1, 0.15) is 12.7 Å². The van der Waals surface area contributed by atoms with Crippen LogP contribution in [0.5, 0.6) is 5.88 Å².